The van der Waals surface area contributed by atoms with Crippen molar-refractivity contribution in [3.63, 3.8) is 0 Å². The molecule has 2 N–H and O–H groups in total. The van der Waals surface area contributed by atoms with E-state index in [-0.39, 0.29) is 25.0 Å². The Labute approximate surface area is 97.9 Å². The van der Waals surface area contributed by atoms with Gasteiger partial charge in [-0.3, -0.25) is 0 Å². The zero-order valence-electron chi connectivity index (χ0n) is 10.1. The van der Waals surface area contributed by atoms with Gasteiger partial charge in [-0.15, -0.1) is 0 Å². The van der Waals surface area contributed by atoms with Gasteiger partial charge < -0.3 is 10.2 Å². The second-order valence-corrected chi connectivity index (χ2v) is 4.43. The van der Waals surface area contributed by atoms with E-state index in [0.717, 1.165) is 23.1 Å². The highest BCUT2D eigenvalue weighted by Crippen LogP contribution is 2.23. The Kier molecular flexibility index (Phi) is 4.97. The van der Waals surface area contributed by atoms with Crippen LogP contribution in [0.4, 0.5) is 0 Å². The van der Waals surface area contributed by atoms with Crippen molar-refractivity contribution in [3.05, 3.63) is 41.8 Å². The second-order valence-electron chi connectivity index (χ2n) is 4.43. The highest BCUT2D eigenvalue weighted by Gasteiger charge is 2.10. The molecule has 0 spiro atoms. The Balaban J connectivity index is 3.10. The molecule has 0 saturated heterocycles. The van der Waals surface area contributed by atoms with Gasteiger partial charge in [0.25, 0.3) is 0 Å². The van der Waals surface area contributed by atoms with E-state index in [2.05, 4.69) is 25.1 Å². The highest BCUT2D eigenvalue weighted by molar-refractivity contribution is 5.34. The Morgan fingerprint density at radius 2 is 1.44 bits per heavy atom. The van der Waals surface area contributed by atoms with Gasteiger partial charge >= 0.3 is 0 Å². The van der Waals surface area contributed by atoms with Gasteiger partial charge in [0, 0.05) is 25.0 Å². The van der Waals surface area contributed by atoms with Gasteiger partial charge in [0.2, 0.25) is 0 Å². The molecule has 2 nitrogen and oxygen atoms in total. The highest BCUT2D eigenvalue weighted by atomic mass is 16.3. The molecule has 0 aliphatic heterocycles. The van der Waals surface area contributed by atoms with Crippen molar-refractivity contribution < 1.29 is 10.2 Å². The van der Waals surface area contributed by atoms with E-state index in [9.17, 15) is 10.2 Å². The lowest BCUT2D eigenvalue weighted by molar-refractivity contribution is 0.270. The quantitative estimate of drug-likeness (QED) is 0.800. The molecule has 1 aromatic rings. The third-order valence-electron chi connectivity index (χ3n) is 3.01. The number of aliphatic hydroxyl groups excluding tert-OH is 2. The molecule has 0 bridgehead atoms. The molecular weight excluding hydrogens is 200 g/mol. The fraction of sp³-hybridized carbons (Fsp3) is 0.500. The average Bonchev–Trinajstić information content (AvgIpc) is 2.35. The van der Waals surface area contributed by atoms with Crippen LogP contribution in [0.1, 0.15) is 42.4 Å². The SMILES string of the molecule is [CH2]Cc1cc(C(C)CO)cc(C(C)CO)c1. The van der Waals surface area contributed by atoms with Crippen LogP contribution in [0.5, 0.6) is 0 Å². The molecule has 1 rings (SSSR count). The Morgan fingerprint density at radius 1 is 1.00 bits per heavy atom. The van der Waals surface area contributed by atoms with E-state index in [1.807, 2.05) is 13.8 Å². The minimum Gasteiger partial charge on any atom is -0.396 e. The summed E-state index contributed by atoms with van der Waals surface area (Å²) in [7, 11) is 0. The van der Waals surface area contributed by atoms with Crippen molar-refractivity contribution in [1.82, 2.24) is 0 Å². The molecule has 0 aliphatic rings. The van der Waals surface area contributed by atoms with Crippen LogP contribution in [0, 0.1) is 6.92 Å². The van der Waals surface area contributed by atoms with Gasteiger partial charge in [-0.05, 0) is 30.0 Å². The van der Waals surface area contributed by atoms with Crippen molar-refractivity contribution in [2.45, 2.75) is 32.1 Å². The molecule has 0 fully saturated rings. The molecule has 2 atom stereocenters. The number of rotatable bonds is 5. The minimum absolute atomic E-state index is 0.135. The van der Waals surface area contributed by atoms with Crippen LogP contribution in [0.3, 0.4) is 0 Å². The Hall–Kier alpha value is -0.860. The molecule has 0 heterocycles. The maximum Gasteiger partial charge on any atom is 0.0497 e. The predicted molar refractivity (Wildman–Crippen MR) is 66.5 cm³/mol. The van der Waals surface area contributed by atoms with Crippen LogP contribution in [0.15, 0.2) is 18.2 Å². The largest absolute Gasteiger partial charge is 0.396 e. The molecule has 2 unspecified atom stereocenters. The summed E-state index contributed by atoms with van der Waals surface area (Å²) in [5, 5.41) is 18.3. The van der Waals surface area contributed by atoms with Gasteiger partial charge in [-0.2, -0.15) is 0 Å². The third kappa shape index (κ3) is 3.06. The smallest absolute Gasteiger partial charge is 0.0497 e. The molecule has 0 amide bonds. The number of hydrogen-bond acceptors (Lipinski definition) is 2. The van der Waals surface area contributed by atoms with Crippen LogP contribution < -0.4 is 0 Å². The van der Waals surface area contributed by atoms with E-state index in [4.69, 9.17) is 0 Å². The van der Waals surface area contributed by atoms with Gasteiger partial charge in [-0.1, -0.05) is 32.0 Å². The molecule has 89 valence electrons. The second kappa shape index (κ2) is 6.02. The summed E-state index contributed by atoms with van der Waals surface area (Å²) in [4.78, 5) is 0. The van der Waals surface area contributed by atoms with Crippen molar-refractivity contribution in [2.75, 3.05) is 13.2 Å². The fourth-order valence-electron chi connectivity index (χ4n) is 1.67. The van der Waals surface area contributed by atoms with Crippen molar-refractivity contribution >= 4 is 0 Å². The first kappa shape index (κ1) is 13.2. The van der Waals surface area contributed by atoms with Gasteiger partial charge in [-0.25, -0.2) is 0 Å². The molecule has 16 heavy (non-hydrogen) atoms. The van der Waals surface area contributed by atoms with Crippen LogP contribution in [0.2, 0.25) is 0 Å². The zero-order valence-corrected chi connectivity index (χ0v) is 10.1. The Bertz CT molecular complexity index is 305. The summed E-state index contributed by atoms with van der Waals surface area (Å²) in [6, 6.07) is 6.24. The normalized spacial score (nSPS) is 14.8. The number of aliphatic hydroxyl groups is 2. The first-order valence-corrected chi connectivity index (χ1v) is 5.77. The maximum atomic E-state index is 9.17. The van der Waals surface area contributed by atoms with Crippen LogP contribution in [-0.4, -0.2) is 23.4 Å². The standard InChI is InChI=1S/C14H21O2/c1-4-12-5-13(10(2)8-15)7-14(6-12)11(3)9-16/h5-7,10-11,15-16H,1,4,8-9H2,2-3H3. The molecule has 1 aromatic carbocycles. The van der Waals surface area contributed by atoms with Gasteiger partial charge in [0.05, 0.1) is 0 Å². The summed E-state index contributed by atoms with van der Waals surface area (Å²) >= 11 is 0. The molecule has 0 aromatic heterocycles. The van der Waals surface area contributed by atoms with Crippen molar-refractivity contribution in [1.29, 1.82) is 0 Å². The van der Waals surface area contributed by atoms with Gasteiger partial charge in [0.1, 0.15) is 0 Å². The summed E-state index contributed by atoms with van der Waals surface area (Å²) in [5.74, 6) is 0.271. The van der Waals surface area contributed by atoms with Gasteiger partial charge in [0.15, 0.2) is 0 Å². The van der Waals surface area contributed by atoms with Crippen LogP contribution in [-0.2, 0) is 6.42 Å². The van der Waals surface area contributed by atoms with E-state index >= 15 is 0 Å². The third-order valence-corrected chi connectivity index (χ3v) is 3.01. The first-order chi connectivity index (χ1) is 7.62. The number of hydrogen-bond donors (Lipinski definition) is 2. The predicted octanol–water partition coefficient (Wildman–Crippen LogP) is 2.25. The van der Waals surface area contributed by atoms with Crippen molar-refractivity contribution in [3.8, 4) is 0 Å². The van der Waals surface area contributed by atoms with Crippen molar-refractivity contribution in [2.24, 2.45) is 0 Å². The summed E-state index contributed by atoms with van der Waals surface area (Å²) in [6.45, 7) is 8.17. The van der Waals surface area contributed by atoms with E-state index < -0.39 is 0 Å². The fourth-order valence-corrected chi connectivity index (χ4v) is 1.67. The van der Waals surface area contributed by atoms with Crippen LogP contribution >= 0.6 is 0 Å². The van der Waals surface area contributed by atoms with Crippen LogP contribution in [0.25, 0.3) is 0 Å². The summed E-state index contributed by atoms with van der Waals surface area (Å²) < 4.78 is 0. The maximum absolute atomic E-state index is 9.17. The summed E-state index contributed by atoms with van der Waals surface area (Å²) in [5.41, 5.74) is 3.41. The van der Waals surface area contributed by atoms with E-state index in [1.54, 1.807) is 0 Å². The molecule has 1 radical (unpaired) electrons. The summed E-state index contributed by atoms with van der Waals surface area (Å²) in [6.07, 6.45) is 0.733. The first-order valence-electron chi connectivity index (χ1n) is 5.77. The molecule has 2 heteroatoms. The number of benzene rings is 1. The molecular formula is C14H21O2. The zero-order chi connectivity index (χ0) is 12.1. The average molecular weight is 221 g/mol. The van der Waals surface area contributed by atoms with E-state index in [1.165, 1.54) is 0 Å². The Morgan fingerprint density at radius 3 is 1.75 bits per heavy atom. The lowest BCUT2D eigenvalue weighted by Gasteiger charge is -2.16. The lowest BCUT2D eigenvalue weighted by atomic mass is 9.91. The monoisotopic (exact) mass is 221 g/mol. The topological polar surface area (TPSA) is 40.5 Å². The molecule has 0 aliphatic carbocycles. The minimum atomic E-state index is 0.135. The van der Waals surface area contributed by atoms with E-state index in [0.29, 0.717) is 0 Å². The molecule has 0 saturated carbocycles. The lowest BCUT2D eigenvalue weighted by Crippen LogP contribution is -2.05.